The number of carbonyl (C=O) groups is 1. The van der Waals surface area contributed by atoms with Gasteiger partial charge in [-0.3, -0.25) is 23.5 Å². The van der Waals surface area contributed by atoms with Crippen molar-refractivity contribution in [1.29, 1.82) is 0 Å². The van der Waals surface area contributed by atoms with E-state index in [1.54, 1.807) is 17.9 Å². The summed E-state index contributed by atoms with van der Waals surface area (Å²) < 4.78 is 4.74. The van der Waals surface area contributed by atoms with Crippen LogP contribution < -0.4 is 5.56 Å². The smallest absolute Gasteiger partial charge is 0.264 e. The lowest BCUT2D eigenvalue weighted by Gasteiger charge is -2.25. The van der Waals surface area contributed by atoms with Gasteiger partial charge in [-0.05, 0) is 18.9 Å². The van der Waals surface area contributed by atoms with Crippen molar-refractivity contribution >= 4 is 16.9 Å². The van der Waals surface area contributed by atoms with Gasteiger partial charge in [0.15, 0.2) is 5.65 Å². The van der Waals surface area contributed by atoms with E-state index in [0.29, 0.717) is 24.1 Å². The van der Waals surface area contributed by atoms with E-state index in [9.17, 15) is 9.59 Å². The molecule has 1 aliphatic rings. The zero-order chi connectivity index (χ0) is 17.4. The van der Waals surface area contributed by atoms with Crippen molar-refractivity contribution < 1.29 is 4.79 Å². The largest absolute Gasteiger partial charge is 0.336 e. The normalized spacial score (nSPS) is 17.5. The van der Waals surface area contributed by atoms with E-state index in [-0.39, 0.29) is 24.1 Å². The minimum atomic E-state index is -0.241. The van der Waals surface area contributed by atoms with Gasteiger partial charge in [-0.1, -0.05) is 0 Å². The van der Waals surface area contributed by atoms with E-state index in [4.69, 9.17) is 0 Å². The molecular formula is C16H19N7O2. The zero-order valence-corrected chi connectivity index (χ0v) is 13.9. The van der Waals surface area contributed by atoms with Crippen LogP contribution in [0.15, 0.2) is 35.8 Å². The highest BCUT2D eigenvalue weighted by molar-refractivity contribution is 5.77. The van der Waals surface area contributed by atoms with Gasteiger partial charge in [0.1, 0.15) is 18.3 Å². The first-order chi connectivity index (χ1) is 12.1. The summed E-state index contributed by atoms with van der Waals surface area (Å²) in [5.74, 6) is -0.0678. The summed E-state index contributed by atoms with van der Waals surface area (Å²) in [5, 5.41) is 8.68. The third-order valence-electron chi connectivity index (χ3n) is 4.68. The van der Waals surface area contributed by atoms with Crippen LogP contribution in [0, 0.1) is 0 Å². The number of hydrogen-bond acceptors (Lipinski definition) is 5. The maximum atomic E-state index is 12.7. The van der Waals surface area contributed by atoms with Gasteiger partial charge in [0.05, 0.1) is 18.8 Å². The average Bonchev–Trinajstić information content (AvgIpc) is 3.33. The maximum Gasteiger partial charge on any atom is 0.264 e. The molecule has 25 heavy (non-hydrogen) atoms. The molecule has 0 N–H and O–H groups in total. The van der Waals surface area contributed by atoms with E-state index in [2.05, 4.69) is 15.2 Å². The summed E-state index contributed by atoms with van der Waals surface area (Å²) in [7, 11) is 1.73. The standard InChI is InChI=1S/C16H19N7O2/c1-20-15-13(8-19-20)16(25)21(11-17-15)10-14(24)23-7-2-4-12(23)9-22-6-3-5-18-22/h3,5-6,8,11-12H,2,4,7,9-10H2,1H3/t12-/m1/s1. The minimum absolute atomic E-state index is 0.00766. The van der Waals surface area contributed by atoms with Gasteiger partial charge in [-0.25, -0.2) is 4.98 Å². The van der Waals surface area contributed by atoms with Crippen LogP contribution >= 0.6 is 0 Å². The molecule has 0 spiro atoms. The van der Waals surface area contributed by atoms with Gasteiger partial charge in [0.25, 0.3) is 5.56 Å². The second-order valence-corrected chi connectivity index (χ2v) is 6.29. The molecule has 1 aliphatic heterocycles. The summed E-state index contributed by atoms with van der Waals surface area (Å²) in [5.41, 5.74) is 0.278. The van der Waals surface area contributed by atoms with Gasteiger partial charge in [0.2, 0.25) is 5.91 Å². The third-order valence-corrected chi connectivity index (χ3v) is 4.68. The highest BCUT2D eigenvalue weighted by Gasteiger charge is 2.29. The Hall–Kier alpha value is -2.97. The number of amides is 1. The Kier molecular flexibility index (Phi) is 3.83. The lowest BCUT2D eigenvalue weighted by atomic mass is 10.2. The molecule has 0 unspecified atom stereocenters. The van der Waals surface area contributed by atoms with Gasteiger partial charge in [-0.15, -0.1) is 0 Å². The van der Waals surface area contributed by atoms with E-state index in [1.165, 1.54) is 17.1 Å². The fourth-order valence-electron chi connectivity index (χ4n) is 3.39. The summed E-state index contributed by atoms with van der Waals surface area (Å²) in [6, 6.07) is 1.98. The molecule has 9 heteroatoms. The van der Waals surface area contributed by atoms with Crippen LogP contribution in [0.25, 0.3) is 11.0 Å². The van der Waals surface area contributed by atoms with Crippen molar-refractivity contribution in [2.24, 2.45) is 7.05 Å². The van der Waals surface area contributed by atoms with Crippen LogP contribution in [-0.4, -0.2) is 52.5 Å². The van der Waals surface area contributed by atoms with E-state index in [0.717, 1.165) is 12.8 Å². The van der Waals surface area contributed by atoms with Gasteiger partial charge >= 0.3 is 0 Å². The Morgan fingerprint density at radius 3 is 3.04 bits per heavy atom. The fourth-order valence-corrected chi connectivity index (χ4v) is 3.39. The van der Waals surface area contributed by atoms with Crippen molar-refractivity contribution in [1.82, 2.24) is 34.0 Å². The Bertz CT molecular complexity index is 957. The van der Waals surface area contributed by atoms with Crippen LogP contribution in [0.3, 0.4) is 0 Å². The summed E-state index contributed by atoms with van der Waals surface area (Å²) >= 11 is 0. The second-order valence-electron chi connectivity index (χ2n) is 6.29. The van der Waals surface area contributed by atoms with E-state index in [1.807, 2.05) is 21.8 Å². The van der Waals surface area contributed by atoms with Crippen LogP contribution in [0.5, 0.6) is 0 Å². The molecule has 0 radical (unpaired) electrons. The third kappa shape index (κ3) is 2.81. The number of aryl methyl sites for hydroxylation is 1. The van der Waals surface area contributed by atoms with Crippen molar-refractivity contribution in [3.05, 3.63) is 41.3 Å². The molecule has 0 aliphatic carbocycles. The Labute approximate surface area is 143 Å². The number of likely N-dealkylation sites (tertiary alicyclic amines) is 1. The quantitative estimate of drug-likeness (QED) is 0.667. The summed E-state index contributed by atoms with van der Waals surface area (Å²) in [4.78, 5) is 31.3. The molecule has 1 saturated heterocycles. The minimum Gasteiger partial charge on any atom is -0.336 e. The average molecular weight is 341 g/mol. The summed E-state index contributed by atoms with van der Waals surface area (Å²) in [6.07, 6.45) is 8.44. The molecule has 4 rings (SSSR count). The molecule has 0 aromatic carbocycles. The van der Waals surface area contributed by atoms with E-state index >= 15 is 0 Å². The highest BCUT2D eigenvalue weighted by Crippen LogP contribution is 2.19. The SMILES string of the molecule is Cn1ncc2c(=O)n(CC(=O)N3CCC[C@@H]3Cn3cccn3)cnc21. The van der Waals surface area contributed by atoms with Crippen molar-refractivity contribution in [2.45, 2.75) is 32.0 Å². The molecule has 9 nitrogen and oxygen atoms in total. The van der Waals surface area contributed by atoms with Crippen LogP contribution in [0.4, 0.5) is 0 Å². The zero-order valence-electron chi connectivity index (χ0n) is 13.9. The van der Waals surface area contributed by atoms with Gasteiger partial charge in [-0.2, -0.15) is 10.2 Å². The maximum absolute atomic E-state index is 12.7. The molecular weight excluding hydrogens is 322 g/mol. The predicted octanol–water partition coefficient (Wildman–Crippen LogP) is 0.0177. The highest BCUT2D eigenvalue weighted by atomic mass is 16.2. The van der Waals surface area contributed by atoms with Gasteiger partial charge < -0.3 is 4.90 Å². The lowest BCUT2D eigenvalue weighted by molar-refractivity contribution is -0.133. The van der Waals surface area contributed by atoms with Crippen molar-refractivity contribution in [2.75, 3.05) is 6.54 Å². The number of rotatable bonds is 4. The molecule has 0 bridgehead atoms. The second kappa shape index (κ2) is 6.15. The van der Waals surface area contributed by atoms with Crippen LogP contribution in [-0.2, 0) is 24.9 Å². The first-order valence-corrected chi connectivity index (χ1v) is 8.27. The Morgan fingerprint density at radius 1 is 1.36 bits per heavy atom. The predicted molar refractivity (Wildman–Crippen MR) is 89.7 cm³/mol. The van der Waals surface area contributed by atoms with Crippen molar-refractivity contribution in [3.8, 4) is 0 Å². The van der Waals surface area contributed by atoms with Crippen LogP contribution in [0.1, 0.15) is 12.8 Å². The summed E-state index contributed by atoms with van der Waals surface area (Å²) in [6.45, 7) is 1.38. The van der Waals surface area contributed by atoms with Gasteiger partial charge in [0, 0.05) is 26.0 Å². The number of aromatic nitrogens is 6. The fraction of sp³-hybridized carbons (Fsp3) is 0.438. The number of carbonyl (C=O) groups excluding carboxylic acids is 1. The Morgan fingerprint density at radius 2 is 2.24 bits per heavy atom. The molecule has 3 aromatic heterocycles. The number of hydrogen-bond donors (Lipinski definition) is 0. The lowest BCUT2D eigenvalue weighted by Crippen LogP contribution is -2.41. The molecule has 1 atom stereocenters. The molecule has 1 amide bonds. The number of fused-ring (bicyclic) bond motifs is 1. The monoisotopic (exact) mass is 341 g/mol. The molecule has 1 fully saturated rings. The first-order valence-electron chi connectivity index (χ1n) is 8.27. The number of nitrogens with zero attached hydrogens (tertiary/aromatic N) is 7. The van der Waals surface area contributed by atoms with Crippen molar-refractivity contribution in [3.63, 3.8) is 0 Å². The molecule has 130 valence electrons. The van der Waals surface area contributed by atoms with Crippen LogP contribution in [0.2, 0.25) is 0 Å². The topological polar surface area (TPSA) is 90.8 Å². The first kappa shape index (κ1) is 15.6. The molecule has 3 aromatic rings. The Balaban J connectivity index is 1.53. The molecule has 4 heterocycles. The molecule has 0 saturated carbocycles. The van der Waals surface area contributed by atoms with E-state index < -0.39 is 0 Å².